The van der Waals surface area contributed by atoms with Crippen molar-refractivity contribution in [3.05, 3.63) is 112 Å². The Balaban J connectivity index is 0.000000750. The van der Waals surface area contributed by atoms with E-state index in [1.54, 1.807) is 6.20 Å². The molecule has 1 aliphatic carbocycles. The largest absolute Gasteiger partial charge is 0.358 e. The van der Waals surface area contributed by atoms with Crippen molar-refractivity contribution in [2.75, 3.05) is 10.6 Å². The number of pyridine rings is 2. The molecule has 0 bridgehead atoms. The highest BCUT2D eigenvalue weighted by Crippen LogP contribution is 2.36. The number of nitrogens with zero attached hydrogens (tertiary/aromatic N) is 3. The Bertz CT molecular complexity index is 1310. The molecule has 37 heavy (non-hydrogen) atoms. The van der Waals surface area contributed by atoms with Gasteiger partial charge >= 0.3 is 0 Å². The van der Waals surface area contributed by atoms with E-state index in [0.717, 1.165) is 50.5 Å². The molecule has 0 atom stereocenters. The van der Waals surface area contributed by atoms with E-state index in [1.165, 1.54) is 12.8 Å². The molecule has 1 aliphatic rings. The van der Waals surface area contributed by atoms with E-state index in [0.29, 0.717) is 11.6 Å². The lowest BCUT2D eigenvalue weighted by molar-refractivity contribution is 1.02. The van der Waals surface area contributed by atoms with Gasteiger partial charge in [0.05, 0.1) is 35.0 Å². The molecule has 6 nitrogen and oxygen atoms in total. The molecule has 3 N–H and O–H groups in total. The lowest BCUT2D eigenvalue weighted by atomic mass is 10.0. The number of fused-ring (bicyclic) bond motifs is 1. The molecule has 0 spiro atoms. The topological polar surface area (TPSA) is 78.5 Å². The quantitative estimate of drug-likeness (QED) is 0.225. The predicted octanol–water partition coefficient (Wildman–Crippen LogP) is 8.38. The summed E-state index contributed by atoms with van der Waals surface area (Å²) >= 11 is 0. The summed E-state index contributed by atoms with van der Waals surface area (Å²) < 4.78 is 0. The smallest absolute Gasteiger partial charge is 0.116 e. The summed E-state index contributed by atoms with van der Waals surface area (Å²) in [5.74, 6) is 0.593. The average Bonchev–Trinajstić information content (AvgIpc) is 3.72. The zero-order chi connectivity index (χ0) is 27.4. The lowest BCUT2D eigenvalue weighted by Crippen LogP contribution is -2.00. The van der Waals surface area contributed by atoms with Crippen LogP contribution in [0.4, 0.5) is 11.4 Å². The van der Waals surface area contributed by atoms with Crippen LogP contribution in [0.3, 0.4) is 0 Å². The highest BCUT2D eigenvalue weighted by atomic mass is 15.1. The fourth-order valence-corrected chi connectivity index (χ4v) is 3.58. The van der Waals surface area contributed by atoms with Gasteiger partial charge in [0.15, 0.2) is 0 Å². The van der Waals surface area contributed by atoms with Gasteiger partial charge in [0.25, 0.3) is 0 Å². The summed E-state index contributed by atoms with van der Waals surface area (Å²) in [7, 11) is 0. The number of aryl methyl sites for hydroxylation is 1. The molecule has 3 aromatic heterocycles. The molecular formula is C31H38N6. The van der Waals surface area contributed by atoms with Gasteiger partial charge < -0.3 is 10.6 Å². The maximum atomic E-state index is 4.48. The van der Waals surface area contributed by atoms with Gasteiger partial charge in [0.1, 0.15) is 5.69 Å². The van der Waals surface area contributed by atoms with Gasteiger partial charge in [-0.1, -0.05) is 33.1 Å². The molecule has 4 aromatic rings. The van der Waals surface area contributed by atoms with Crippen LogP contribution >= 0.6 is 0 Å². The Hall–Kier alpha value is -4.45. The van der Waals surface area contributed by atoms with Gasteiger partial charge in [0.2, 0.25) is 0 Å². The third-order valence-electron chi connectivity index (χ3n) is 5.50. The van der Waals surface area contributed by atoms with Crippen LogP contribution < -0.4 is 10.6 Å². The molecule has 0 unspecified atom stereocenters. The van der Waals surface area contributed by atoms with Crippen LogP contribution in [-0.2, 0) is 0 Å². The number of aromatic nitrogens is 4. The Kier molecular flexibility index (Phi) is 11.0. The molecule has 0 aliphatic heterocycles. The Morgan fingerprint density at radius 2 is 1.59 bits per heavy atom. The second-order valence-corrected chi connectivity index (χ2v) is 8.01. The monoisotopic (exact) mass is 494 g/mol. The van der Waals surface area contributed by atoms with E-state index >= 15 is 0 Å². The van der Waals surface area contributed by atoms with Crippen molar-refractivity contribution < 1.29 is 0 Å². The minimum atomic E-state index is 0.593. The molecule has 1 saturated carbocycles. The first-order valence-corrected chi connectivity index (χ1v) is 12.3. The molecule has 0 saturated heterocycles. The summed E-state index contributed by atoms with van der Waals surface area (Å²) in [4.78, 5) is 8.74. The lowest BCUT2D eigenvalue weighted by Gasteiger charge is -2.10. The van der Waals surface area contributed by atoms with Gasteiger partial charge in [-0.15, -0.1) is 26.3 Å². The van der Waals surface area contributed by atoms with Crippen LogP contribution in [-0.4, -0.2) is 20.2 Å². The van der Waals surface area contributed by atoms with E-state index in [2.05, 4.69) is 88.5 Å². The first kappa shape index (κ1) is 28.8. The first-order chi connectivity index (χ1) is 18.1. The molecule has 192 valence electrons. The molecule has 0 amide bonds. The second-order valence-electron chi connectivity index (χ2n) is 8.01. The van der Waals surface area contributed by atoms with Gasteiger partial charge in [-0.3, -0.25) is 15.1 Å². The normalized spacial score (nSPS) is 11.4. The van der Waals surface area contributed by atoms with Gasteiger partial charge in [-0.2, -0.15) is 5.10 Å². The molecule has 3 heterocycles. The maximum Gasteiger partial charge on any atom is 0.116 e. The van der Waals surface area contributed by atoms with E-state index in [1.807, 2.05) is 51.4 Å². The van der Waals surface area contributed by atoms with Crippen LogP contribution in [0.5, 0.6) is 0 Å². The van der Waals surface area contributed by atoms with Crippen molar-refractivity contribution in [1.82, 2.24) is 20.2 Å². The first-order valence-electron chi connectivity index (χ1n) is 12.3. The SMILES string of the molecule is C=C.C=C.C=C(Nc1ccc(C)nc1)c1n[nH]c2ccc(-c3cncc(NC(=C)C4CC4)c3)cc12.CC. The van der Waals surface area contributed by atoms with Crippen LogP contribution in [0, 0.1) is 12.8 Å². The number of hydrogen-bond donors (Lipinski definition) is 3. The van der Waals surface area contributed by atoms with Crippen LogP contribution in [0.2, 0.25) is 0 Å². The van der Waals surface area contributed by atoms with Gasteiger partial charge in [0, 0.05) is 28.5 Å². The van der Waals surface area contributed by atoms with Crippen LogP contribution in [0.25, 0.3) is 27.7 Å². The number of anilines is 2. The number of aromatic amines is 1. The van der Waals surface area contributed by atoms with Crippen molar-refractivity contribution in [3.8, 4) is 11.1 Å². The van der Waals surface area contributed by atoms with Crippen molar-refractivity contribution in [1.29, 1.82) is 0 Å². The number of rotatable bonds is 7. The number of H-pyrrole nitrogens is 1. The van der Waals surface area contributed by atoms with Gasteiger partial charge in [-0.25, -0.2) is 0 Å². The minimum absolute atomic E-state index is 0.593. The summed E-state index contributed by atoms with van der Waals surface area (Å²) in [5.41, 5.74) is 8.41. The number of allylic oxidation sites excluding steroid dienone is 1. The Morgan fingerprint density at radius 3 is 2.24 bits per heavy atom. The fourth-order valence-electron chi connectivity index (χ4n) is 3.58. The Labute approximate surface area is 221 Å². The van der Waals surface area contributed by atoms with E-state index in [9.17, 15) is 0 Å². The van der Waals surface area contributed by atoms with Gasteiger partial charge in [-0.05, 0) is 61.6 Å². The molecule has 5 rings (SSSR count). The number of nitrogens with one attached hydrogen (secondary N) is 3. The van der Waals surface area contributed by atoms with Crippen molar-refractivity contribution in [3.63, 3.8) is 0 Å². The fraction of sp³-hybridized carbons (Fsp3) is 0.194. The van der Waals surface area contributed by atoms with E-state index in [-0.39, 0.29) is 0 Å². The Morgan fingerprint density at radius 1 is 0.865 bits per heavy atom. The van der Waals surface area contributed by atoms with Crippen molar-refractivity contribution >= 4 is 28.0 Å². The minimum Gasteiger partial charge on any atom is -0.358 e. The molecular weight excluding hydrogens is 456 g/mol. The van der Waals surface area contributed by atoms with Crippen LogP contribution in [0.1, 0.15) is 38.1 Å². The van der Waals surface area contributed by atoms with Crippen molar-refractivity contribution in [2.45, 2.75) is 33.6 Å². The van der Waals surface area contributed by atoms with E-state index in [4.69, 9.17) is 0 Å². The molecule has 0 radical (unpaired) electrons. The summed E-state index contributed by atoms with van der Waals surface area (Å²) in [6.07, 6.45) is 7.93. The highest BCUT2D eigenvalue weighted by molar-refractivity contribution is 5.95. The van der Waals surface area contributed by atoms with E-state index < -0.39 is 0 Å². The zero-order valence-corrected chi connectivity index (χ0v) is 22.3. The van der Waals surface area contributed by atoms with Crippen molar-refractivity contribution in [2.24, 2.45) is 5.92 Å². The summed E-state index contributed by atoms with van der Waals surface area (Å²) in [6, 6.07) is 12.3. The molecule has 6 heteroatoms. The average molecular weight is 495 g/mol. The predicted molar refractivity (Wildman–Crippen MR) is 160 cm³/mol. The maximum absolute atomic E-state index is 4.48. The zero-order valence-electron chi connectivity index (χ0n) is 22.3. The third kappa shape index (κ3) is 7.51. The molecule has 1 aromatic carbocycles. The summed E-state index contributed by atoms with van der Waals surface area (Å²) in [6.45, 7) is 26.3. The standard InChI is InChI=1S/C25H24N6.C2H6.2C2H4/c1-15-4-8-21(14-27-15)29-17(3)25-23-11-19(7-9-24(23)30-31-25)20-10-22(13-26-12-20)28-16(2)18-5-6-18;3*1-2/h4,7-14,18,28-29H,2-3,5-6H2,1H3,(H,30,31);1-2H3;2*1-2H2. The third-order valence-corrected chi connectivity index (χ3v) is 5.50. The second kappa shape index (κ2) is 14.2. The highest BCUT2D eigenvalue weighted by Gasteiger charge is 2.24. The number of hydrogen-bond acceptors (Lipinski definition) is 5. The summed E-state index contributed by atoms with van der Waals surface area (Å²) in [5, 5.41) is 15.3. The van der Waals surface area contributed by atoms with Crippen LogP contribution in [0.15, 0.2) is 100 Å². The number of benzene rings is 1. The molecule has 1 fully saturated rings.